The molecule has 0 saturated carbocycles. The van der Waals surface area contributed by atoms with Crippen molar-refractivity contribution in [3.05, 3.63) is 29.3 Å². The van der Waals surface area contributed by atoms with Gasteiger partial charge in [0.15, 0.2) is 0 Å². The van der Waals surface area contributed by atoms with Crippen LogP contribution in [0.15, 0.2) is 18.2 Å². The van der Waals surface area contributed by atoms with E-state index in [1.807, 2.05) is 0 Å². The Bertz CT molecular complexity index is 457. The molecule has 0 radical (unpaired) electrons. The lowest BCUT2D eigenvalue weighted by atomic mass is 9.94. The molecule has 0 spiro atoms. The van der Waals surface area contributed by atoms with Crippen LogP contribution in [0.25, 0.3) is 0 Å². The molecule has 0 aliphatic carbocycles. The van der Waals surface area contributed by atoms with Crippen LogP contribution in [0.5, 0.6) is 0 Å². The second kappa shape index (κ2) is 5.14. The zero-order valence-electron chi connectivity index (χ0n) is 12.1. The Labute approximate surface area is 116 Å². The zero-order chi connectivity index (χ0) is 13.4. The molecule has 2 aliphatic rings. The van der Waals surface area contributed by atoms with Crippen LogP contribution in [0.4, 0.5) is 5.69 Å². The highest BCUT2D eigenvalue weighted by Gasteiger charge is 2.32. The number of fused-ring (bicyclic) bond motifs is 1. The van der Waals surface area contributed by atoms with Gasteiger partial charge >= 0.3 is 0 Å². The Morgan fingerprint density at radius 2 is 2.16 bits per heavy atom. The van der Waals surface area contributed by atoms with Crippen molar-refractivity contribution in [2.24, 2.45) is 5.73 Å². The molecule has 2 N–H and O–H groups in total. The van der Waals surface area contributed by atoms with Gasteiger partial charge < -0.3 is 10.6 Å². The Balaban J connectivity index is 1.93. The molecule has 3 rings (SSSR count). The van der Waals surface area contributed by atoms with Crippen LogP contribution in [-0.4, -0.2) is 37.6 Å². The van der Waals surface area contributed by atoms with E-state index in [9.17, 15) is 0 Å². The van der Waals surface area contributed by atoms with E-state index in [1.165, 1.54) is 36.2 Å². The highest BCUT2D eigenvalue weighted by molar-refractivity contribution is 5.56. The standard InChI is InChI=1S/C16H25N3/c1-3-19-10-8-14(17)16(19)13-6-7-15-12(11-13)5-4-9-18(15)2/h6-7,11,14,16H,3-5,8-10,17H2,1-2H3. The molecular weight excluding hydrogens is 234 g/mol. The van der Waals surface area contributed by atoms with Crippen LogP contribution in [0, 0.1) is 0 Å². The summed E-state index contributed by atoms with van der Waals surface area (Å²) < 4.78 is 0. The lowest BCUT2D eigenvalue weighted by Crippen LogP contribution is -2.32. The molecule has 0 aromatic heterocycles. The smallest absolute Gasteiger partial charge is 0.0499 e. The van der Waals surface area contributed by atoms with Crippen LogP contribution in [-0.2, 0) is 6.42 Å². The van der Waals surface area contributed by atoms with E-state index in [2.05, 4.69) is 42.0 Å². The van der Waals surface area contributed by atoms with Crippen molar-refractivity contribution in [1.82, 2.24) is 4.90 Å². The zero-order valence-corrected chi connectivity index (χ0v) is 12.1. The SMILES string of the molecule is CCN1CCC(N)C1c1ccc2c(c1)CCCN2C. The molecule has 2 heterocycles. The van der Waals surface area contributed by atoms with Crippen LogP contribution < -0.4 is 10.6 Å². The fraction of sp³-hybridized carbons (Fsp3) is 0.625. The normalized spacial score (nSPS) is 27.6. The Morgan fingerprint density at radius 1 is 1.32 bits per heavy atom. The summed E-state index contributed by atoms with van der Waals surface area (Å²) in [6, 6.07) is 7.70. The van der Waals surface area contributed by atoms with Gasteiger partial charge in [-0.1, -0.05) is 19.1 Å². The number of rotatable bonds is 2. The van der Waals surface area contributed by atoms with Gasteiger partial charge in [0.05, 0.1) is 0 Å². The number of nitrogens with two attached hydrogens (primary N) is 1. The summed E-state index contributed by atoms with van der Waals surface area (Å²) in [7, 11) is 2.19. The Morgan fingerprint density at radius 3 is 2.95 bits per heavy atom. The number of anilines is 1. The molecule has 104 valence electrons. The maximum absolute atomic E-state index is 6.33. The van der Waals surface area contributed by atoms with Gasteiger partial charge in [0.2, 0.25) is 0 Å². The first-order valence-electron chi connectivity index (χ1n) is 7.54. The van der Waals surface area contributed by atoms with E-state index in [1.54, 1.807) is 0 Å². The van der Waals surface area contributed by atoms with E-state index in [-0.39, 0.29) is 0 Å². The topological polar surface area (TPSA) is 32.5 Å². The van der Waals surface area contributed by atoms with Gasteiger partial charge in [0, 0.05) is 37.9 Å². The summed E-state index contributed by atoms with van der Waals surface area (Å²) in [6.45, 7) is 5.64. The summed E-state index contributed by atoms with van der Waals surface area (Å²) in [6.07, 6.45) is 3.60. The number of likely N-dealkylation sites (N-methyl/N-ethyl adjacent to an activating group) is 1. The van der Waals surface area contributed by atoms with E-state index >= 15 is 0 Å². The highest BCUT2D eigenvalue weighted by Crippen LogP contribution is 2.34. The van der Waals surface area contributed by atoms with Crippen LogP contribution in [0.2, 0.25) is 0 Å². The molecule has 3 heteroatoms. The first-order valence-corrected chi connectivity index (χ1v) is 7.54. The van der Waals surface area contributed by atoms with Crippen molar-refractivity contribution < 1.29 is 0 Å². The fourth-order valence-corrected chi connectivity index (χ4v) is 3.68. The van der Waals surface area contributed by atoms with Crippen molar-refractivity contribution >= 4 is 5.69 Å². The maximum Gasteiger partial charge on any atom is 0.0499 e. The quantitative estimate of drug-likeness (QED) is 0.883. The third kappa shape index (κ3) is 2.26. The van der Waals surface area contributed by atoms with Crippen molar-refractivity contribution in [1.29, 1.82) is 0 Å². The highest BCUT2D eigenvalue weighted by atomic mass is 15.2. The van der Waals surface area contributed by atoms with Crippen molar-refractivity contribution in [2.45, 2.75) is 38.3 Å². The number of nitrogens with zero attached hydrogens (tertiary/aromatic N) is 2. The molecule has 1 saturated heterocycles. The molecule has 3 nitrogen and oxygen atoms in total. The minimum absolute atomic E-state index is 0.291. The monoisotopic (exact) mass is 259 g/mol. The van der Waals surface area contributed by atoms with E-state index in [0.29, 0.717) is 12.1 Å². The summed E-state index contributed by atoms with van der Waals surface area (Å²) in [5.74, 6) is 0. The number of aryl methyl sites for hydroxylation is 1. The number of hydrogen-bond donors (Lipinski definition) is 1. The first kappa shape index (κ1) is 12.9. The maximum atomic E-state index is 6.33. The van der Waals surface area contributed by atoms with E-state index < -0.39 is 0 Å². The van der Waals surface area contributed by atoms with Gasteiger partial charge in [-0.15, -0.1) is 0 Å². The average Bonchev–Trinajstić information content (AvgIpc) is 2.80. The van der Waals surface area contributed by atoms with Gasteiger partial charge in [-0.3, -0.25) is 4.90 Å². The second-order valence-corrected chi connectivity index (χ2v) is 5.94. The third-order valence-electron chi connectivity index (χ3n) is 4.75. The predicted octanol–water partition coefficient (Wildman–Crippen LogP) is 2.16. The van der Waals surface area contributed by atoms with E-state index in [4.69, 9.17) is 5.73 Å². The van der Waals surface area contributed by atoms with Crippen molar-refractivity contribution in [2.75, 3.05) is 31.6 Å². The summed E-state index contributed by atoms with van der Waals surface area (Å²) >= 11 is 0. The molecule has 1 aromatic rings. The minimum Gasteiger partial charge on any atom is -0.374 e. The second-order valence-electron chi connectivity index (χ2n) is 5.94. The van der Waals surface area contributed by atoms with Crippen molar-refractivity contribution in [3.63, 3.8) is 0 Å². The molecule has 1 fully saturated rings. The number of likely N-dealkylation sites (tertiary alicyclic amines) is 1. The first-order chi connectivity index (χ1) is 9.20. The van der Waals surface area contributed by atoms with Gasteiger partial charge in [-0.2, -0.15) is 0 Å². The minimum atomic E-state index is 0.291. The Hall–Kier alpha value is -1.06. The van der Waals surface area contributed by atoms with E-state index in [0.717, 1.165) is 19.5 Å². The lowest BCUT2D eigenvalue weighted by Gasteiger charge is -2.31. The van der Waals surface area contributed by atoms with Gasteiger partial charge in [-0.05, 0) is 43.0 Å². The van der Waals surface area contributed by atoms with Crippen LogP contribution in [0.3, 0.4) is 0 Å². The van der Waals surface area contributed by atoms with Gasteiger partial charge in [0.1, 0.15) is 0 Å². The molecule has 2 atom stereocenters. The predicted molar refractivity (Wildman–Crippen MR) is 80.6 cm³/mol. The lowest BCUT2D eigenvalue weighted by molar-refractivity contribution is 0.261. The molecule has 1 aromatic carbocycles. The van der Waals surface area contributed by atoms with Gasteiger partial charge in [0.25, 0.3) is 0 Å². The largest absolute Gasteiger partial charge is 0.374 e. The molecular formula is C16H25N3. The average molecular weight is 259 g/mol. The van der Waals surface area contributed by atoms with Gasteiger partial charge in [-0.25, -0.2) is 0 Å². The summed E-state index contributed by atoms with van der Waals surface area (Å²) in [5.41, 5.74) is 10.7. The Kier molecular flexibility index (Phi) is 3.50. The summed E-state index contributed by atoms with van der Waals surface area (Å²) in [4.78, 5) is 4.88. The fourth-order valence-electron chi connectivity index (χ4n) is 3.68. The summed E-state index contributed by atoms with van der Waals surface area (Å²) in [5, 5.41) is 0. The molecule has 2 unspecified atom stereocenters. The van der Waals surface area contributed by atoms with Crippen LogP contribution >= 0.6 is 0 Å². The number of benzene rings is 1. The van der Waals surface area contributed by atoms with Crippen molar-refractivity contribution in [3.8, 4) is 0 Å². The molecule has 0 bridgehead atoms. The molecule has 2 aliphatic heterocycles. The molecule has 0 amide bonds. The third-order valence-corrected chi connectivity index (χ3v) is 4.75. The number of hydrogen-bond acceptors (Lipinski definition) is 3. The molecule has 19 heavy (non-hydrogen) atoms. The van der Waals surface area contributed by atoms with Crippen LogP contribution in [0.1, 0.15) is 36.9 Å².